The Balaban J connectivity index is 2.05. The van der Waals surface area contributed by atoms with Gasteiger partial charge in [-0.15, -0.1) is 11.8 Å². The number of anilines is 2. The van der Waals surface area contributed by atoms with Crippen LogP contribution in [0.4, 0.5) is 11.4 Å². The minimum Gasteiger partial charge on any atom is -0.399 e. The van der Waals surface area contributed by atoms with Crippen LogP contribution in [0.25, 0.3) is 0 Å². The molecular formula is C14H18N2OS. The van der Waals surface area contributed by atoms with E-state index in [0.717, 1.165) is 24.2 Å². The lowest BCUT2D eigenvalue weighted by atomic mass is 10.1. The molecule has 2 aliphatic rings. The van der Waals surface area contributed by atoms with E-state index >= 15 is 0 Å². The molecule has 0 radical (unpaired) electrons. The number of fused-ring (bicyclic) bond motifs is 1. The first-order valence-corrected chi connectivity index (χ1v) is 7.44. The fourth-order valence-electron chi connectivity index (χ4n) is 2.92. The van der Waals surface area contributed by atoms with Crippen molar-refractivity contribution in [3.63, 3.8) is 0 Å². The van der Waals surface area contributed by atoms with Crippen molar-refractivity contribution in [3.05, 3.63) is 18.2 Å². The lowest BCUT2D eigenvalue weighted by Crippen LogP contribution is -2.45. The Hall–Kier alpha value is -1.16. The van der Waals surface area contributed by atoms with Crippen LogP contribution < -0.4 is 10.6 Å². The van der Waals surface area contributed by atoms with Crippen molar-refractivity contribution >= 4 is 29.0 Å². The van der Waals surface area contributed by atoms with Gasteiger partial charge in [-0.25, -0.2) is 0 Å². The third kappa shape index (κ3) is 1.88. The highest BCUT2D eigenvalue weighted by Crippen LogP contribution is 2.43. The van der Waals surface area contributed by atoms with Crippen molar-refractivity contribution in [2.75, 3.05) is 10.6 Å². The van der Waals surface area contributed by atoms with Crippen LogP contribution in [0.3, 0.4) is 0 Å². The van der Waals surface area contributed by atoms with Crippen molar-refractivity contribution in [3.8, 4) is 0 Å². The number of amides is 1. The van der Waals surface area contributed by atoms with Crippen LogP contribution in [-0.2, 0) is 4.79 Å². The van der Waals surface area contributed by atoms with Gasteiger partial charge in [0.1, 0.15) is 0 Å². The third-order valence-electron chi connectivity index (χ3n) is 3.82. The molecule has 1 aliphatic heterocycles. The molecule has 3 nitrogen and oxygen atoms in total. The summed E-state index contributed by atoms with van der Waals surface area (Å²) in [4.78, 5) is 15.6. The van der Waals surface area contributed by atoms with E-state index < -0.39 is 0 Å². The second-order valence-corrected chi connectivity index (χ2v) is 6.52. The van der Waals surface area contributed by atoms with Crippen molar-refractivity contribution in [2.24, 2.45) is 0 Å². The lowest BCUT2D eigenvalue weighted by molar-refractivity contribution is -0.118. The third-order valence-corrected chi connectivity index (χ3v) is 4.98. The standard InChI is InChI=1S/C14H18N2OS/c1-9-14(17)16(11-4-2-3-5-11)12-8-10(15)6-7-13(12)18-9/h6-9,11H,2-5,15H2,1H3. The molecule has 1 aromatic carbocycles. The van der Waals surface area contributed by atoms with Gasteiger partial charge in [0.05, 0.1) is 10.9 Å². The Morgan fingerprint density at radius 3 is 2.78 bits per heavy atom. The molecule has 0 spiro atoms. The molecule has 0 saturated heterocycles. The molecular weight excluding hydrogens is 244 g/mol. The molecule has 1 fully saturated rings. The normalized spacial score (nSPS) is 24.4. The molecule has 1 unspecified atom stereocenters. The molecule has 1 heterocycles. The predicted octanol–water partition coefficient (Wildman–Crippen LogP) is 3.04. The van der Waals surface area contributed by atoms with Gasteiger partial charge in [-0.1, -0.05) is 12.8 Å². The highest BCUT2D eigenvalue weighted by Gasteiger charge is 2.36. The fourth-order valence-corrected chi connectivity index (χ4v) is 3.94. The number of thioether (sulfide) groups is 1. The first-order valence-electron chi connectivity index (χ1n) is 6.56. The first-order chi connectivity index (χ1) is 8.66. The second kappa shape index (κ2) is 4.50. The number of rotatable bonds is 1. The molecule has 1 amide bonds. The summed E-state index contributed by atoms with van der Waals surface area (Å²) in [6.07, 6.45) is 4.70. The first kappa shape index (κ1) is 11.9. The Kier molecular flexibility index (Phi) is 2.98. The number of hydrogen-bond donors (Lipinski definition) is 1. The van der Waals surface area contributed by atoms with Gasteiger partial charge in [0.25, 0.3) is 0 Å². The number of nitrogens with zero attached hydrogens (tertiary/aromatic N) is 1. The number of carbonyl (C=O) groups is 1. The minimum atomic E-state index is 0.0155. The topological polar surface area (TPSA) is 46.3 Å². The van der Waals surface area contributed by atoms with E-state index in [2.05, 4.69) is 0 Å². The zero-order valence-corrected chi connectivity index (χ0v) is 11.4. The Labute approximate surface area is 112 Å². The van der Waals surface area contributed by atoms with E-state index in [4.69, 9.17) is 5.73 Å². The molecule has 1 aliphatic carbocycles. The van der Waals surface area contributed by atoms with Crippen LogP contribution in [0.2, 0.25) is 0 Å². The summed E-state index contributed by atoms with van der Waals surface area (Å²) in [6, 6.07) is 6.28. The van der Waals surface area contributed by atoms with Crippen LogP contribution in [-0.4, -0.2) is 17.2 Å². The summed E-state index contributed by atoms with van der Waals surface area (Å²) in [6.45, 7) is 1.99. The molecule has 1 aromatic rings. The monoisotopic (exact) mass is 262 g/mol. The maximum atomic E-state index is 12.5. The van der Waals surface area contributed by atoms with Crippen LogP contribution in [0.5, 0.6) is 0 Å². The van der Waals surface area contributed by atoms with Gasteiger partial charge in [0.15, 0.2) is 0 Å². The van der Waals surface area contributed by atoms with Crippen LogP contribution in [0.15, 0.2) is 23.1 Å². The summed E-state index contributed by atoms with van der Waals surface area (Å²) >= 11 is 1.64. The largest absolute Gasteiger partial charge is 0.399 e. The lowest BCUT2D eigenvalue weighted by Gasteiger charge is -2.36. The smallest absolute Gasteiger partial charge is 0.240 e. The predicted molar refractivity (Wildman–Crippen MR) is 75.9 cm³/mol. The van der Waals surface area contributed by atoms with Gasteiger partial charge in [-0.2, -0.15) is 0 Å². The maximum Gasteiger partial charge on any atom is 0.240 e. The highest BCUT2D eigenvalue weighted by atomic mass is 32.2. The van der Waals surface area contributed by atoms with Crippen molar-refractivity contribution in [1.29, 1.82) is 0 Å². The summed E-state index contributed by atoms with van der Waals surface area (Å²) in [7, 11) is 0. The van der Waals surface area contributed by atoms with E-state index in [0.29, 0.717) is 6.04 Å². The zero-order chi connectivity index (χ0) is 12.7. The van der Waals surface area contributed by atoms with Gasteiger partial charge in [0.2, 0.25) is 5.91 Å². The van der Waals surface area contributed by atoms with Crippen molar-refractivity contribution in [2.45, 2.75) is 48.8 Å². The number of benzene rings is 1. The van der Waals surface area contributed by atoms with Crippen LogP contribution >= 0.6 is 11.8 Å². The number of carbonyl (C=O) groups excluding carboxylic acids is 1. The average Bonchev–Trinajstić information content (AvgIpc) is 2.85. The molecule has 0 bridgehead atoms. The van der Waals surface area contributed by atoms with Gasteiger partial charge in [0, 0.05) is 16.6 Å². The van der Waals surface area contributed by atoms with Crippen LogP contribution in [0.1, 0.15) is 32.6 Å². The number of nitrogens with two attached hydrogens (primary N) is 1. The number of nitrogen functional groups attached to an aromatic ring is 1. The molecule has 96 valence electrons. The van der Waals surface area contributed by atoms with E-state index in [1.54, 1.807) is 11.8 Å². The summed E-state index contributed by atoms with van der Waals surface area (Å²) < 4.78 is 0. The van der Waals surface area contributed by atoms with E-state index in [1.165, 1.54) is 17.7 Å². The Morgan fingerprint density at radius 2 is 2.06 bits per heavy atom. The Morgan fingerprint density at radius 1 is 1.33 bits per heavy atom. The van der Waals surface area contributed by atoms with Gasteiger partial charge >= 0.3 is 0 Å². The van der Waals surface area contributed by atoms with Gasteiger partial charge < -0.3 is 10.6 Å². The number of hydrogen-bond acceptors (Lipinski definition) is 3. The molecule has 3 rings (SSSR count). The maximum absolute atomic E-state index is 12.5. The minimum absolute atomic E-state index is 0.0155. The molecule has 1 atom stereocenters. The molecule has 4 heteroatoms. The molecule has 0 aromatic heterocycles. The van der Waals surface area contributed by atoms with Crippen molar-refractivity contribution < 1.29 is 4.79 Å². The Bertz CT molecular complexity index is 483. The fraction of sp³-hybridized carbons (Fsp3) is 0.500. The quantitative estimate of drug-likeness (QED) is 0.791. The summed E-state index contributed by atoms with van der Waals surface area (Å²) in [5.74, 6) is 0.241. The van der Waals surface area contributed by atoms with E-state index in [9.17, 15) is 4.79 Å². The zero-order valence-electron chi connectivity index (χ0n) is 10.6. The average molecular weight is 262 g/mol. The molecule has 1 saturated carbocycles. The van der Waals surface area contributed by atoms with Crippen LogP contribution in [0, 0.1) is 0 Å². The highest BCUT2D eigenvalue weighted by molar-refractivity contribution is 8.01. The summed E-state index contributed by atoms with van der Waals surface area (Å²) in [5, 5.41) is 0.0155. The van der Waals surface area contributed by atoms with E-state index in [-0.39, 0.29) is 11.2 Å². The SMILES string of the molecule is CC1Sc2ccc(N)cc2N(C2CCCC2)C1=O. The second-order valence-electron chi connectivity index (χ2n) is 5.13. The van der Waals surface area contributed by atoms with Gasteiger partial charge in [-0.3, -0.25) is 4.79 Å². The molecule has 2 N–H and O–H groups in total. The van der Waals surface area contributed by atoms with Crippen molar-refractivity contribution in [1.82, 2.24) is 0 Å². The molecule has 18 heavy (non-hydrogen) atoms. The van der Waals surface area contributed by atoms with E-state index in [1.807, 2.05) is 30.0 Å². The summed E-state index contributed by atoms with van der Waals surface area (Å²) in [5.41, 5.74) is 7.63. The van der Waals surface area contributed by atoms with Gasteiger partial charge in [-0.05, 0) is 38.0 Å².